The van der Waals surface area contributed by atoms with Crippen LogP contribution in [-0.4, -0.2) is 22.7 Å². The summed E-state index contributed by atoms with van der Waals surface area (Å²) in [7, 11) is 0. The summed E-state index contributed by atoms with van der Waals surface area (Å²) < 4.78 is 5.87. The molecular formula is C17H25NO3. The van der Waals surface area contributed by atoms with Crippen molar-refractivity contribution in [3.8, 4) is 5.75 Å². The van der Waals surface area contributed by atoms with Crippen LogP contribution in [0.5, 0.6) is 5.75 Å². The lowest BCUT2D eigenvalue weighted by Gasteiger charge is -2.16. The number of pyridine rings is 1. The number of hydrogen-bond donors (Lipinski definition) is 1. The maximum absolute atomic E-state index is 10.6. The number of rotatable bonds is 9. The first-order chi connectivity index (χ1) is 10.1. The van der Waals surface area contributed by atoms with Crippen LogP contribution >= 0.6 is 0 Å². The molecule has 0 aliphatic rings. The van der Waals surface area contributed by atoms with Gasteiger partial charge in [-0.2, -0.15) is 0 Å². The van der Waals surface area contributed by atoms with Gasteiger partial charge in [0.1, 0.15) is 11.4 Å². The smallest absolute Gasteiger partial charge is 0.328 e. The molecule has 0 bridgehead atoms. The normalized spacial score (nSPS) is 12.5. The monoisotopic (exact) mass is 291 g/mol. The molecule has 0 aromatic carbocycles. The van der Waals surface area contributed by atoms with Gasteiger partial charge in [0.05, 0.1) is 6.61 Å². The molecule has 0 aliphatic heterocycles. The number of unbranched alkanes of at least 4 members (excludes halogenated alkanes) is 1. The number of ether oxygens (including phenoxy) is 1. The predicted molar refractivity (Wildman–Crippen MR) is 84.4 cm³/mol. The van der Waals surface area contributed by atoms with Crippen LogP contribution in [0.25, 0.3) is 6.08 Å². The summed E-state index contributed by atoms with van der Waals surface area (Å²) in [5, 5.41) is 8.73. The minimum absolute atomic E-state index is 0.530. The Hall–Kier alpha value is -1.84. The van der Waals surface area contributed by atoms with Gasteiger partial charge in [0.2, 0.25) is 0 Å². The van der Waals surface area contributed by atoms with Crippen LogP contribution in [0.2, 0.25) is 0 Å². The Labute approximate surface area is 126 Å². The van der Waals surface area contributed by atoms with Crippen LogP contribution in [0.1, 0.15) is 50.9 Å². The molecule has 0 aliphatic carbocycles. The van der Waals surface area contributed by atoms with Crippen LogP contribution < -0.4 is 4.74 Å². The third-order valence-electron chi connectivity index (χ3n) is 3.43. The molecular weight excluding hydrogens is 266 g/mol. The van der Waals surface area contributed by atoms with Crippen molar-refractivity contribution in [1.82, 2.24) is 4.98 Å². The SMILES string of the molecule is CCCCC(CC)COc1ccc(C)nc1C=CC(=O)O. The molecule has 0 fully saturated rings. The molecule has 0 saturated heterocycles. The fourth-order valence-corrected chi connectivity index (χ4v) is 2.06. The number of aliphatic carboxylic acids is 1. The van der Waals surface area contributed by atoms with Crippen molar-refractivity contribution in [3.05, 3.63) is 29.6 Å². The maximum Gasteiger partial charge on any atom is 0.328 e. The fourth-order valence-electron chi connectivity index (χ4n) is 2.06. The lowest BCUT2D eigenvalue weighted by molar-refractivity contribution is -0.131. The molecule has 1 aromatic rings. The molecule has 0 radical (unpaired) electrons. The summed E-state index contributed by atoms with van der Waals surface area (Å²) in [6.07, 6.45) is 7.21. The Morgan fingerprint density at radius 2 is 2.19 bits per heavy atom. The molecule has 1 heterocycles. The Balaban J connectivity index is 2.75. The molecule has 1 N–H and O–H groups in total. The first-order valence-electron chi connectivity index (χ1n) is 7.58. The van der Waals surface area contributed by atoms with Crippen molar-refractivity contribution in [3.63, 3.8) is 0 Å². The first-order valence-corrected chi connectivity index (χ1v) is 7.58. The molecule has 21 heavy (non-hydrogen) atoms. The molecule has 1 aromatic heterocycles. The molecule has 1 atom stereocenters. The highest BCUT2D eigenvalue weighted by Gasteiger charge is 2.09. The van der Waals surface area contributed by atoms with Crippen LogP contribution in [-0.2, 0) is 4.79 Å². The summed E-state index contributed by atoms with van der Waals surface area (Å²) in [5.41, 5.74) is 1.41. The second-order valence-corrected chi connectivity index (χ2v) is 5.24. The van der Waals surface area contributed by atoms with Gasteiger partial charge in [-0.25, -0.2) is 9.78 Å². The van der Waals surface area contributed by atoms with Crippen molar-refractivity contribution in [1.29, 1.82) is 0 Å². The topological polar surface area (TPSA) is 59.4 Å². The third kappa shape index (κ3) is 6.43. The number of carbonyl (C=O) groups is 1. The number of aryl methyl sites for hydroxylation is 1. The van der Waals surface area contributed by atoms with Gasteiger partial charge in [0.25, 0.3) is 0 Å². The summed E-state index contributed by atoms with van der Waals surface area (Å²) in [4.78, 5) is 15.0. The second-order valence-electron chi connectivity index (χ2n) is 5.24. The molecule has 0 spiro atoms. The van der Waals surface area contributed by atoms with E-state index in [0.717, 1.165) is 24.6 Å². The molecule has 1 unspecified atom stereocenters. The van der Waals surface area contributed by atoms with E-state index in [1.54, 1.807) is 0 Å². The highest BCUT2D eigenvalue weighted by atomic mass is 16.5. The Morgan fingerprint density at radius 3 is 2.81 bits per heavy atom. The Morgan fingerprint density at radius 1 is 1.43 bits per heavy atom. The van der Waals surface area contributed by atoms with Crippen LogP contribution in [0, 0.1) is 12.8 Å². The van der Waals surface area contributed by atoms with E-state index in [2.05, 4.69) is 18.8 Å². The first kappa shape index (κ1) is 17.2. The molecule has 0 amide bonds. The summed E-state index contributed by atoms with van der Waals surface area (Å²) >= 11 is 0. The zero-order valence-corrected chi connectivity index (χ0v) is 13.1. The van der Waals surface area contributed by atoms with Crippen molar-refractivity contribution in [2.24, 2.45) is 5.92 Å². The van der Waals surface area contributed by atoms with Gasteiger partial charge in [-0.3, -0.25) is 0 Å². The minimum Gasteiger partial charge on any atom is -0.491 e. The number of aromatic nitrogens is 1. The lowest BCUT2D eigenvalue weighted by Crippen LogP contribution is -2.12. The van der Waals surface area contributed by atoms with E-state index >= 15 is 0 Å². The van der Waals surface area contributed by atoms with Crippen molar-refractivity contribution in [2.75, 3.05) is 6.61 Å². The van der Waals surface area contributed by atoms with Crippen molar-refractivity contribution >= 4 is 12.0 Å². The predicted octanol–water partition coefficient (Wildman–Crippen LogP) is 4.08. The number of carboxylic acids is 1. The number of nitrogens with zero attached hydrogens (tertiary/aromatic N) is 1. The van der Waals surface area contributed by atoms with Gasteiger partial charge in [0.15, 0.2) is 0 Å². The average molecular weight is 291 g/mol. The zero-order valence-electron chi connectivity index (χ0n) is 13.1. The fraction of sp³-hybridized carbons (Fsp3) is 0.529. The average Bonchev–Trinajstić information content (AvgIpc) is 2.46. The highest BCUT2D eigenvalue weighted by molar-refractivity contribution is 5.85. The largest absolute Gasteiger partial charge is 0.491 e. The van der Waals surface area contributed by atoms with Gasteiger partial charge in [0, 0.05) is 11.8 Å². The van der Waals surface area contributed by atoms with Crippen LogP contribution in [0.15, 0.2) is 18.2 Å². The van der Waals surface area contributed by atoms with E-state index in [9.17, 15) is 4.79 Å². The second kappa shape index (κ2) is 9.16. The zero-order chi connectivity index (χ0) is 15.7. The van der Waals surface area contributed by atoms with E-state index in [1.807, 2.05) is 19.1 Å². The molecule has 116 valence electrons. The molecule has 0 saturated carbocycles. The van der Waals surface area contributed by atoms with Crippen molar-refractivity contribution in [2.45, 2.75) is 46.5 Å². The Kier molecular flexibility index (Phi) is 7.51. The van der Waals surface area contributed by atoms with Gasteiger partial charge in [-0.15, -0.1) is 0 Å². The summed E-state index contributed by atoms with van der Waals surface area (Å²) in [5.74, 6) is 0.189. The lowest BCUT2D eigenvalue weighted by atomic mass is 10.0. The van der Waals surface area contributed by atoms with Crippen LogP contribution in [0.4, 0.5) is 0 Å². The standard InChI is InChI=1S/C17H25NO3/c1-4-6-7-14(5-2)12-21-16-10-8-13(3)18-15(16)9-11-17(19)20/h8-11,14H,4-7,12H2,1-3H3,(H,19,20). The van der Waals surface area contributed by atoms with Gasteiger partial charge >= 0.3 is 5.97 Å². The van der Waals surface area contributed by atoms with Gasteiger partial charge in [-0.05, 0) is 37.5 Å². The van der Waals surface area contributed by atoms with Gasteiger partial charge in [-0.1, -0.05) is 33.1 Å². The Bertz CT molecular complexity index is 483. The van der Waals surface area contributed by atoms with E-state index in [1.165, 1.54) is 18.9 Å². The van der Waals surface area contributed by atoms with E-state index in [4.69, 9.17) is 9.84 Å². The van der Waals surface area contributed by atoms with E-state index in [0.29, 0.717) is 24.0 Å². The maximum atomic E-state index is 10.6. The third-order valence-corrected chi connectivity index (χ3v) is 3.43. The van der Waals surface area contributed by atoms with E-state index in [-0.39, 0.29) is 0 Å². The highest BCUT2D eigenvalue weighted by Crippen LogP contribution is 2.21. The number of hydrogen-bond acceptors (Lipinski definition) is 3. The quantitative estimate of drug-likeness (QED) is 0.696. The summed E-state index contributed by atoms with van der Waals surface area (Å²) in [6.45, 7) is 6.88. The van der Waals surface area contributed by atoms with Crippen LogP contribution in [0.3, 0.4) is 0 Å². The molecule has 4 nitrogen and oxygen atoms in total. The summed E-state index contributed by atoms with van der Waals surface area (Å²) in [6, 6.07) is 3.73. The van der Waals surface area contributed by atoms with Crippen molar-refractivity contribution < 1.29 is 14.6 Å². The van der Waals surface area contributed by atoms with E-state index < -0.39 is 5.97 Å². The number of carboxylic acid groups (broad SMARTS) is 1. The molecule has 1 rings (SSSR count). The van der Waals surface area contributed by atoms with Gasteiger partial charge < -0.3 is 9.84 Å². The molecule has 4 heteroatoms. The minimum atomic E-state index is -0.987.